The molecule has 1 rings (SSSR count). The third-order valence-corrected chi connectivity index (χ3v) is 6.56. The molecule has 0 spiro atoms. The molecular weight excluding hydrogens is 432 g/mol. The molecular formula is C22H35N2O7Si-. The van der Waals surface area contributed by atoms with Gasteiger partial charge in [0.1, 0.15) is 12.6 Å². The number of carboxylic acid groups (broad SMARTS) is 1. The molecule has 10 heteroatoms. The van der Waals surface area contributed by atoms with Crippen LogP contribution in [0.4, 0.5) is 4.79 Å². The van der Waals surface area contributed by atoms with Gasteiger partial charge in [0.25, 0.3) is 0 Å². The summed E-state index contributed by atoms with van der Waals surface area (Å²) in [6, 6.07) is 7.60. The maximum absolute atomic E-state index is 12.7. The summed E-state index contributed by atoms with van der Waals surface area (Å²) in [4.78, 5) is 48.2. The van der Waals surface area contributed by atoms with Gasteiger partial charge < -0.3 is 29.9 Å². The van der Waals surface area contributed by atoms with Crippen molar-refractivity contribution in [2.24, 2.45) is 22.7 Å². The van der Waals surface area contributed by atoms with Crippen molar-refractivity contribution < 1.29 is 34.1 Å². The lowest BCUT2D eigenvalue weighted by molar-refractivity contribution is -0.225. The summed E-state index contributed by atoms with van der Waals surface area (Å²) in [5.74, 6) is -2.59. The van der Waals surface area contributed by atoms with Crippen LogP contribution in [0.1, 0.15) is 46.1 Å². The number of ether oxygens (including phenoxy) is 1. The molecule has 32 heavy (non-hydrogen) atoms. The molecule has 0 aliphatic rings. The van der Waals surface area contributed by atoms with Gasteiger partial charge in [-0.15, -0.1) is 0 Å². The van der Waals surface area contributed by atoms with Gasteiger partial charge in [0.2, 0.25) is 0 Å². The monoisotopic (exact) mass is 467 g/mol. The second-order valence-electron chi connectivity index (χ2n) is 8.88. The van der Waals surface area contributed by atoms with Gasteiger partial charge in [-0.1, -0.05) is 58.0 Å². The number of hydrogen-bond acceptors (Lipinski definition) is 7. The first-order chi connectivity index (χ1) is 14.9. The molecule has 4 N–H and O–H groups in total. The van der Waals surface area contributed by atoms with Crippen LogP contribution < -0.4 is 10.4 Å². The molecule has 0 saturated carbocycles. The average molecular weight is 468 g/mol. The molecule has 2 atom stereocenters. The van der Waals surface area contributed by atoms with Crippen molar-refractivity contribution in [2.45, 2.75) is 59.2 Å². The highest BCUT2D eigenvalue weighted by atomic mass is 28.4. The Labute approximate surface area is 190 Å². The number of carbonyl (C=O) groups excluding carboxylic acids is 1. The van der Waals surface area contributed by atoms with E-state index in [0.29, 0.717) is 6.42 Å². The molecule has 0 heterocycles. The Hall–Kier alpha value is -2.43. The first kappa shape index (κ1) is 27.6. The van der Waals surface area contributed by atoms with E-state index in [1.54, 1.807) is 12.1 Å². The normalized spacial score (nSPS) is 14.3. The van der Waals surface area contributed by atoms with E-state index < -0.39 is 44.6 Å². The first-order valence-electron chi connectivity index (χ1n) is 10.8. The minimum Gasteiger partial charge on any atom is -0.862 e. The predicted octanol–water partition coefficient (Wildman–Crippen LogP) is 1.80. The Morgan fingerprint density at radius 2 is 1.69 bits per heavy atom. The van der Waals surface area contributed by atoms with E-state index >= 15 is 0 Å². The van der Waals surface area contributed by atoms with Crippen molar-refractivity contribution in [1.29, 1.82) is 0 Å². The van der Waals surface area contributed by atoms with Crippen molar-refractivity contribution in [3.63, 3.8) is 0 Å². The summed E-state index contributed by atoms with van der Waals surface area (Å²) in [5, 5.41) is 24.4. The lowest BCUT2D eigenvalue weighted by Gasteiger charge is -2.30. The second kappa shape index (κ2) is 13.2. The highest BCUT2D eigenvalue weighted by Crippen LogP contribution is 2.22. The van der Waals surface area contributed by atoms with Crippen LogP contribution in [0.25, 0.3) is 0 Å². The highest BCUT2D eigenvalue weighted by molar-refractivity contribution is 6.65. The number of carboxylic acids is 1. The number of rotatable bonds is 13. The van der Waals surface area contributed by atoms with Gasteiger partial charge in [-0.25, -0.2) is 9.59 Å². The van der Waals surface area contributed by atoms with E-state index in [1.807, 2.05) is 45.9 Å². The first-order valence-corrected chi connectivity index (χ1v) is 13.1. The van der Waals surface area contributed by atoms with Crippen LogP contribution in [0.3, 0.4) is 0 Å². The van der Waals surface area contributed by atoms with Gasteiger partial charge in [0.15, 0.2) is 0 Å². The number of nitrogens with one attached hydrogen (secondary N) is 1. The second-order valence-corrected chi connectivity index (χ2v) is 11.6. The zero-order valence-corrected chi connectivity index (χ0v) is 20.2. The van der Waals surface area contributed by atoms with Crippen molar-refractivity contribution in [1.82, 2.24) is 5.32 Å². The minimum atomic E-state index is -4.02. The lowest BCUT2D eigenvalue weighted by Crippen LogP contribution is -2.51. The molecule has 0 unspecified atom stereocenters. The molecule has 1 amide bonds. The van der Waals surface area contributed by atoms with Gasteiger partial charge in [-0.05, 0) is 48.1 Å². The van der Waals surface area contributed by atoms with Crippen LogP contribution in [0, 0.1) is 17.8 Å². The van der Waals surface area contributed by atoms with Gasteiger partial charge in [-0.3, -0.25) is 4.99 Å². The summed E-state index contributed by atoms with van der Waals surface area (Å²) in [6.07, 6.45) is -0.680. The van der Waals surface area contributed by atoms with Crippen LogP contribution in [-0.2, 0) is 16.1 Å². The van der Waals surface area contributed by atoms with Crippen LogP contribution in [0.2, 0.25) is 6.04 Å². The topological polar surface area (TPSA) is 152 Å². The number of nitrogens with zero attached hydrogens (tertiary/aromatic N) is 1. The number of amides is 1. The van der Waals surface area contributed by atoms with E-state index in [-0.39, 0.29) is 30.9 Å². The van der Waals surface area contributed by atoms with Crippen molar-refractivity contribution in [3.8, 4) is 0 Å². The summed E-state index contributed by atoms with van der Waals surface area (Å²) in [5.41, 5.74) is 0.790. The Morgan fingerprint density at radius 3 is 2.22 bits per heavy atom. The van der Waals surface area contributed by atoms with Crippen molar-refractivity contribution in [3.05, 3.63) is 35.9 Å². The Morgan fingerprint density at radius 1 is 1.09 bits per heavy atom. The largest absolute Gasteiger partial charge is 0.862 e. The molecule has 0 radical (unpaired) electrons. The maximum atomic E-state index is 12.7. The molecule has 1 aromatic rings. The van der Waals surface area contributed by atoms with Crippen molar-refractivity contribution >= 4 is 26.5 Å². The number of benzene rings is 1. The molecule has 0 saturated heterocycles. The summed E-state index contributed by atoms with van der Waals surface area (Å²) < 4.78 is 5.06. The molecule has 0 aliphatic carbocycles. The highest BCUT2D eigenvalue weighted by Gasteiger charge is 2.34. The SMILES string of the molecule is CC(C)C[C@H](C[Si](O)(O)CNC(=O)OCc1ccccc1)C([O-])=N[C@@H](CC(C)C)C(=O)O. The molecule has 0 aromatic heterocycles. The molecule has 0 aliphatic heterocycles. The molecule has 0 fully saturated rings. The maximum Gasteiger partial charge on any atom is 0.407 e. The average Bonchev–Trinajstić information content (AvgIpc) is 2.69. The zero-order valence-electron chi connectivity index (χ0n) is 19.2. The van der Waals surface area contributed by atoms with E-state index in [2.05, 4.69) is 10.3 Å². The fraction of sp³-hybridized carbons (Fsp3) is 0.591. The number of alkyl carbamates (subject to hydrolysis) is 1. The van der Waals surface area contributed by atoms with Gasteiger partial charge >= 0.3 is 20.6 Å². The fourth-order valence-corrected chi connectivity index (χ4v) is 4.91. The number of aliphatic carboxylic acids is 1. The predicted molar refractivity (Wildman–Crippen MR) is 121 cm³/mol. The van der Waals surface area contributed by atoms with Crippen LogP contribution in [-0.4, -0.2) is 53.4 Å². The minimum absolute atomic E-state index is 0.0337. The van der Waals surface area contributed by atoms with Crippen LogP contribution in [0.5, 0.6) is 0 Å². The number of carbonyl (C=O) groups is 2. The molecule has 0 bridgehead atoms. The molecule has 9 nitrogen and oxygen atoms in total. The lowest BCUT2D eigenvalue weighted by atomic mass is 9.98. The third kappa shape index (κ3) is 11.3. The zero-order chi connectivity index (χ0) is 24.3. The van der Waals surface area contributed by atoms with Crippen LogP contribution in [0.15, 0.2) is 35.3 Å². The van der Waals surface area contributed by atoms with E-state index in [4.69, 9.17) is 4.74 Å². The Bertz CT molecular complexity index is 754. The Balaban J connectivity index is 2.75. The summed E-state index contributed by atoms with van der Waals surface area (Å²) in [7, 11) is -4.02. The van der Waals surface area contributed by atoms with Crippen LogP contribution >= 0.6 is 0 Å². The van der Waals surface area contributed by atoms with E-state index in [1.165, 1.54) is 0 Å². The van der Waals surface area contributed by atoms with E-state index in [9.17, 15) is 29.4 Å². The summed E-state index contributed by atoms with van der Waals surface area (Å²) in [6.45, 7) is 7.46. The van der Waals surface area contributed by atoms with E-state index in [0.717, 1.165) is 5.56 Å². The van der Waals surface area contributed by atoms with Gasteiger partial charge in [-0.2, -0.15) is 0 Å². The van der Waals surface area contributed by atoms with Gasteiger partial charge in [0.05, 0.1) is 6.17 Å². The smallest absolute Gasteiger partial charge is 0.407 e. The standard InChI is InChI=1S/C22H36N2O7Si/c1-15(2)10-18(20(25)24-19(21(26)27)11-16(3)4)13-32(29,30)14-23-22(28)31-12-17-8-6-5-7-9-17/h5-9,15-16,18-19,29-30H,10-14H2,1-4H3,(H,23,28)(H,24,25)(H,26,27)/p-1/t18-,19+/m1/s1. The fourth-order valence-electron chi connectivity index (χ4n) is 3.21. The van der Waals surface area contributed by atoms with Crippen molar-refractivity contribution in [2.75, 3.05) is 6.17 Å². The molecule has 1 aromatic carbocycles. The summed E-state index contributed by atoms with van der Waals surface area (Å²) >= 11 is 0. The third-order valence-electron chi connectivity index (χ3n) is 4.67. The quantitative estimate of drug-likeness (QED) is 0.196. The Kier molecular flexibility index (Phi) is 11.4. The number of hydrogen-bond donors (Lipinski definition) is 4. The molecule has 180 valence electrons. The van der Waals surface area contributed by atoms with Gasteiger partial charge in [0, 0.05) is 0 Å². The number of aliphatic imine (C=N–C) groups is 1.